The Morgan fingerprint density at radius 3 is 2.58 bits per heavy atom. The van der Waals surface area contributed by atoms with Crippen molar-refractivity contribution in [2.24, 2.45) is 0 Å². The number of nitrogens with one attached hydrogen (secondary N) is 1. The monoisotopic (exact) mass is 465 g/mol. The van der Waals surface area contributed by atoms with Gasteiger partial charge in [-0.15, -0.1) is 0 Å². The Labute approximate surface area is 197 Å². The molecule has 5 nitrogen and oxygen atoms in total. The van der Waals surface area contributed by atoms with E-state index >= 15 is 0 Å². The summed E-state index contributed by atoms with van der Waals surface area (Å²) in [6, 6.07) is 16.7. The van der Waals surface area contributed by atoms with Crippen LogP contribution in [-0.4, -0.2) is 34.8 Å². The molecule has 0 unspecified atom stereocenters. The lowest BCUT2D eigenvalue weighted by Gasteiger charge is -2.32. The minimum absolute atomic E-state index is 0.0405. The summed E-state index contributed by atoms with van der Waals surface area (Å²) in [5, 5.41) is 3.41. The molecule has 33 heavy (non-hydrogen) atoms. The Kier molecular flexibility index (Phi) is 7.04. The summed E-state index contributed by atoms with van der Waals surface area (Å²) in [5.74, 6) is -0.540. The number of carbonyl (C=O) groups excluding carboxylic acids is 2. The molecule has 2 amide bonds. The minimum Gasteiger partial charge on any atom is -0.348 e. The van der Waals surface area contributed by atoms with Crippen LogP contribution in [0.1, 0.15) is 56.4 Å². The molecule has 2 heterocycles. The van der Waals surface area contributed by atoms with Gasteiger partial charge in [0.15, 0.2) is 0 Å². The first kappa shape index (κ1) is 22.9. The highest BCUT2D eigenvalue weighted by Gasteiger charge is 2.28. The van der Waals surface area contributed by atoms with Crippen LogP contribution in [0.4, 0.5) is 4.39 Å². The predicted octanol–water partition coefficient (Wildman–Crippen LogP) is 5.13. The quantitative estimate of drug-likeness (QED) is 0.568. The molecule has 1 saturated heterocycles. The van der Waals surface area contributed by atoms with Crippen LogP contribution >= 0.6 is 11.6 Å². The Hall–Kier alpha value is -3.25. The Morgan fingerprint density at radius 2 is 1.85 bits per heavy atom. The number of halogens is 2. The van der Waals surface area contributed by atoms with Gasteiger partial charge in [0.2, 0.25) is 0 Å². The summed E-state index contributed by atoms with van der Waals surface area (Å²) in [5.41, 5.74) is 3.38. The molecule has 0 aliphatic carbocycles. The number of likely N-dealkylation sites (tertiary alicyclic amines) is 1. The van der Waals surface area contributed by atoms with E-state index in [1.165, 1.54) is 12.1 Å². The van der Waals surface area contributed by atoms with E-state index in [1.807, 2.05) is 17.9 Å². The second-order valence-corrected chi connectivity index (χ2v) is 8.71. The van der Waals surface area contributed by atoms with Gasteiger partial charge in [-0.25, -0.2) is 4.39 Å². The third kappa shape index (κ3) is 5.57. The summed E-state index contributed by atoms with van der Waals surface area (Å²) < 4.78 is 13.4. The fourth-order valence-electron chi connectivity index (χ4n) is 4.16. The normalized spacial score (nSPS) is 14.2. The van der Waals surface area contributed by atoms with Crippen molar-refractivity contribution in [3.63, 3.8) is 0 Å². The highest BCUT2D eigenvalue weighted by molar-refractivity contribution is 6.30. The number of nitrogens with zero attached hydrogens (tertiary/aromatic N) is 2. The van der Waals surface area contributed by atoms with Crippen molar-refractivity contribution >= 4 is 23.4 Å². The molecule has 1 aliphatic rings. The van der Waals surface area contributed by atoms with Gasteiger partial charge in [-0.2, -0.15) is 0 Å². The number of aryl methyl sites for hydroxylation is 1. The second kappa shape index (κ2) is 10.1. The van der Waals surface area contributed by atoms with Crippen LogP contribution in [0.3, 0.4) is 0 Å². The number of hydrogen-bond donors (Lipinski definition) is 1. The molecule has 0 radical (unpaired) electrons. The van der Waals surface area contributed by atoms with Gasteiger partial charge in [0, 0.05) is 41.8 Å². The molecule has 170 valence electrons. The summed E-state index contributed by atoms with van der Waals surface area (Å²) in [6.07, 6.45) is 1.43. The van der Waals surface area contributed by atoms with Crippen LogP contribution in [0, 0.1) is 12.7 Å². The zero-order valence-electron chi connectivity index (χ0n) is 18.4. The second-order valence-electron chi connectivity index (χ2n) is 8.27. The van der Waals surface area contributed by atoms with Crippen molar-refractivity contribution in [2.75, 3.05) is 13.1 Å². The molecule has 1 N–H and O–H groups in total. The maximum Gasteiger partial charge on any atom is 0.253 e. The molecule has 0 spiro atoms. The summed E-state index contributed by atoms with van der Waals surface area (Å²) >= 11 is 6.03. The SMILES string of the molecule is Cc1ccc(C(=O)NCc2cccc(F)c2)c(C2CCN(C(=O)c3cccc(Cl)c3)CC2)n1. The summed E-state index contributed by atoms with van der Waals surface area (Å²) in [7, 11) is 0. The van der Waals surface area contributed by atoms with Crippen LogP contribution in [0.5, 0.6) is 0 Å². The Morgan fingerprint density at radius 1 is 1.09 bits per heavy atom. The van der Waals surface area contributed by atoms with Gasteiger partial charge in [0.05, 0.1) is 11.3 Å². The molecule has 0 saturated carbocycles. The van der Waals surface area contributed by atoms with E-state index in [9.17, 15) is 14.0 Å². The number of carbonyl (C=O) groups is 2. The van der Waals surface area contributed by atoms with Gasteiger partial charge >= 0.3 is 0 Å². The van der Waals surface area contributed by atoms with Crippen molar-refractivity contribution in [1.29, 1.82) is 0 Å². The van der Waals surface area contributed by atoms with Crippen molar-refractivity contribution in [2.45, 2.75) is 32.2 Å². The van der Waals surface area contributed by atoms with Crippen molar-refractivity contribution < 1.29 is 14.0 Å². The standard InChI is InChI=1S/C26H25ClFN3O2/c1-17-8-9-23(25(32)29-16-18-4-2-7-22(28)14-18)24(30-17)19-10-12-31(13-11-19)26(33)20-5-3-6-21(27)15-20/h2-9,14-15,19H,10-13,16H2,1H3,(H,29,32). The van der Waals surface area contributed by atoms with Crippen LogP contribution in [-0.2, 0) is 6.54 Å². The number of benzene rings is 2. The lowest BCUT2D eigenvalue weighted by Crippen LogP contribution is -2.38. The van der Waals surface area contributed by atoms with Gasteiger partial charge in [-0.05, 0) is 67.8 Å². The molecule has 2 aromatic carbocycles. The fourth-order valence-corrected chi connectivity index (χ4v) is 4.35. The maximum atomic E-state index is 13.4. The molecule has 1 aliphatic heterocycles. The molecule has 4 rings (SSSR count). The van der Waals surface area contributed by atoms with E-state index in [2.05, 4.69) is 10.3 Å². The minimum atomic E-state index is -0.335. The Balaban J connectivity index is 1.44. The molecule has 3 aromatic rings. The number of aromatic nitrogens is 1. The third-order valence-corrected chi connectivity index (χ3v) is 6.13. The van der Waals surface area contributed by atoms with Crippen LogP contribution in [0.25, 0.3) is 0 Å². The lowest BCUT2D eigenvalue weighted by atomic mass is 9.89. The third-order valence-electron chi connectivity index (χ3n) is 5.89. The molecule has 0 atom stereocenters. The van der Waals surface area contributed by atoms with Crippen molar-refractivity contribution in [3.05, 3.63) is 99.6 Å². The average Bonchev–Trinajstić information content (AvgIpc) is 2.82. The molecule has 0 bridgehead atoms. The van der Waals surface area contributed by atoms with E-state index in [4.69, 9.17) is 11.6 Å². The van der Waals surface area contributed by atoms with Gasteiger partial charge < -0.3 is 10.2 Å². The highest BCUT2D eigenvalue weighted by atomic mass is 35.5. The zero-order valence-corrected chi connectivity index (χ0v) is 19.1. The number of rotatable bonds is 5. The Bertz CT molecular complexity index is 1180. The van der Waals surface area contributed by atoms with Crippen molar-refractivity contribution in [1.82, 2.24) is 15.2 Å². The predicted molar refractivity (Wildman–Crippen MR) is 126 cm³/mol. The molecular formula is C26H25ClFN3O2. The molecular weight excluding hydrogens is 441 g/mol. The van der Waals surface area contributed by atoms with Crippen LogP contribution < -0.4 is 5.32 Å². The van der Waals surface area contributed by atoms with Gasteiger partial charge in [-0.1, -0.05) is 29.8 Å². The number of piperidine rings is 1. The fraction of sp³-hybridized carbons (Fsp3) is 0.269. The van der Waals surface area contributed by atoms with E-state index in [0.29, 0.717) is 47.6 Å². The number of amides is 2. The first-order valence-corrected chi connectivity index (χ1v) is 11.3. The smallest absolute Gasteiger partial charge is 0.253 e. The van der Waals surface area contributed by atoms with Gasteiger partial charge in [0.25, 0.3) is 11.8 Å². The van der Waals surface area contributed by atoms with Crippen LogP contribution in [0.2, 0.25) is 5.02 Å². The first-order valence-electron chi connectivity index (χ1n) is 11.0. The van der Waals surface area contributed by atoms with E-state index in [-0.39, 0.29) is 30.1 Å². The van der Waals surface area contributed by atoms with Gasteiger partial charge in [-0.3, -0.25) is 14.6 Å². The zero-order chi connectivity index (χ0) is 23.4. The molecule has 1 fully saturated rings. The highest BCUT2D eigenvalue weighted by Crippen LogP contribution is 2.30. The summed E-state index contributed by atoms with van der Waals surface area (Å²) in [4.78, 5) is 32.3. The van der Waals surface area contributed by atoms with Crippen molar-refractivity contribution in [3.8, 4) is 0 Å². The summed E-state index contributed by atoms with van der Waals surface area (Å²) in [6.45, 7) is 3.29. The van der Waals surface area contributed by atoms with Crippen LogP contribution in [0.15, 0.2) is 60.7 Å². The largest absolute Gasteiger partial charge is 0.348 e. The lowest BCUT2D eigenvalue weighted by molar-refractivity contribution is 0.0710. The van der Waals surface area contributed by atoms with Gasteiger partial charge in [0.1, 0.15) is 5.82 Å². The van der Waals surface area contributed by atoms with E-state index in [1.54, 1.807) is 42.5 Å². The number of pyridine rings is 1. The maximum absolute atomic E-state index is 13.4. The molecule has 7 heteroatoms. The van der Waals surface area contributed by atoms with E-state index in [0.717, 1.165) is 11.4 Å². The topological polar surface area (TPSA) is 62.3 Å². The first-order chi connectivity index (χ1) is 15.9. The van der Waals surface area contributed by atoms with E-state index < -0.39 is 0 Å². The molecule has 1 aromatic heterocycles. The number of hydrogen-bond acceptors (Lipinski definition) is 3. The average molecular weight is 466 g/mol.